The molecule has 3 aromatic rings. The number of anilines is 1. The molecule has 0 radical (unpaired) electrons. The van der Waals surface area contributed by atoms with Crippen molar-refractivity contribution in [2.75, 3.05) is 12.0 Å². The smallest absolute Gasteiger partial charge is 0.415 e. The first-order valence-corrected chi connectivity index (χ1v) is 11.2. The number of ether oxygens (including phenoxy) is 2. The Morgan fingerprint density at radius 1 is 1.03 bits per heavy atom. The lowest BCUT2D eigenvalue weighted by molar-refractivity contribution is 0.0577. The summed E-state index contributed by atoms with van der Waals surface area (Å²) in [6, 6.07) is 13.7. The van der Waals surface area contributed by atoms with E-state index in [1.54, 1.807) is 18.2 Å². The summed E-state index contributed by atoms with van der Waals surface area (Å²) in [6.45, 7) is 11.7. The fourth-order valence-corrected chi connectivity index (χ4v) is 3.81. The lowest BCUT2D eigenvalue weighted by Crippen LogP contribution is -2.37. The predicted molar refractivity (Wildman–Crippen MR) is 134 cm³/mol. The first kappa shape index (κ1) is 24.6. The van der Waals surface area contributed by atoms with Crippen LogP contribution in [-0.4, -0.2) is 23.8 Å². The maximum absolute atomic E-state index is 13.3. The van der Waals surface area contributed by atoms with Gasteiger partial charge in [-0.15, -0.1) is 0 Å². The van der Waals surface area contributed by atoms with Crippen molar-refractivity contribution < 1.29 is 14.3 Å². The molecule has 0 aliphatic heterocycles. The Morgan fingerprint density at radius 2 is 1.70 bits per heavy atom. The summed E-state index contributed by atoms with van der Waals surface area (Å²) in [5, 5.41) is 0.678. The number of hydrogen-bond acceptors (Lipinski definition) is 4. The van der Waals surface area contributed by atoms with Gasteiger partial charge in [-0.25, -0.2) is 4.79 Å². The second-order valence-electron chi connectivity index (χ2n) is 9.18. The molecule has 1 aromatic heterocycles. The van der Waals surface area contributed by atoms with Crippen LogP contribution >= 0.6 is 11.6 Å². The fraction of sp³-hybridized carbons (Fsp3) is 0.333. The molecule has 0 fully saturated rings. The van der Waals surface area contributed by atoms with Crippen LogP contribution in [0.3, 0.4) is 0 Å². The van der Waals surface area contributed by atoms with Gasteiger partial charge in [0, 0.05) is 28.0 Å². The highest BCUT2D eigenvalue weighted by atomic mass is 35.5. The van der Waals surface area contributed by atoms with Crippen LogP contribution in [0.15, 0.2) is 48.7 Å². The number of hydrogen-bond donors (Lipinski definition) is 0. The third kappa shape index (κ3) is 6.05. The van der Waals surface area contributed by atoms with Crippen molar-refractivity contribution in [1.29, 1.82) is 0 Å². The third-order valence-electron chi connectivity index (χ3n) is 5.22. The summed E-state index contributed by atoms with van der Waals surface area (Å²) in [7, 11) is 1.64. The van der Waals surface area contributed by atoms with Gasteiger partial charge in [0.15, 0.2) is 0 Å². The van der Waals surface area contributed by atoms with E-state index in [0.29, 0.717) is 5.02 Å². The van der Waals surface area contributed by atoms with Gasteiger partial charge < -0.3 is 9.47 Å². The summed E-state index contributed by atoms with van der Waals surface area (Å²) < 4.78 is 11.3. The number of benzene rings is 2. The molecule has 0 saturated heterocycles. The van der Waals surface area contributed by atoms with E-state index in [1.807, 2.05) is 77.9 Å². The third-order valence-corrected chi connectivity index (χ3v) is 5.47. The molecule has 0 spiro atoms. The second kappa shape index (κ2) is 9.84. The van der Waals surface area contributed by atoms with Crippen LogP contribution in [0.5, 0.6) is 5.75 Å². The minimum absolute atomic E-state index is 0.251. The number of aromatic nitrogens is 1. The summed E-state index contributed by atoms with van der Waals surface area (Å²) >= 11 is 6.07. The van der Waals surface area contributed by atoms with Gasteiger partial charge in [-0.05, 0) is 82.5 Å². The van der Waals surface area contributed by atoms with Gasteiger partial charge in [0.25, 0.3) is 0 Å². The Kier molecular flexibility index (Phi) is 7.33. The SMILES string of the molecule is COc1c(C)cnc(CN(C(=O)OC(C)(C)C)c2cc(C)cc(-c3ccc(Cl)cc3)c2)c1C. The summed E-state index contributed by atoms with van der Waals surface area (Å²) in [6.07, 6.45) is 1.33. The van der Waals surface area contributed by atoms with E-state index in [9.17, 15) is 4.79 Å². The Bertz CT molecular complexity index is 1150. The van der Waals surface area contributed by atoms with Crippen molar-refractivity contribution in [3.63, 3.8) is 0 Å². The minimum Gasteiger partial charge on any atom is -0.496 e. The van der Waals surface area contributed by atoms with Crippen LogP contribution in [-0.2, 0) is 11.3 Å². The number of carbonyl (C=O) groups is 1. The van der Waals surface area contributed by atoms with Crippen LogP contribution in [0.1, 0.15) is 43.2 Å². The van der Waals surface area contributed by atoms with Crippen molar-refractivity contribution in [3.8, 4) is 16.9 Å². The van der Waals surface area contributed by atoms with Crippen LogP contribution in [0, 0.1) is 20.8 Å². The molecule has 3 rings (SSSR count). The number of methoxy groups -OCH3 is 1. The minimum atomic E-state index is -0.633. The largest absolute Gasteiger partial charge is 0.496 e. The van der Waals surface area contributed by atoms with E-state index < -0.39 is 11.7 Å². The number of rotatable bonds is 5. The van der Waals surface area contributed by atoms with Crippen molar-refractivity contribution >= 4 is 23.4 Å². The zero-order valence-electron chi connectivity index (χ0n) is 20.3. The molecule has 0 aliphatic carbocycles. The van der Waals surface area contributed by atoms with Gasteiger partial charge in [-0.3, -0.25) is 9.88 Å². The molecular weight excluding hydrogens is 436 g/mol. The Labute approximate surface area is 201 Å². The molecule has 6 heteroatoms. The highest BCUT2D eigenvalue weighted by Crippen LogP contribution is 2.31. The number of nitrogens with zero attached hydrogens (tertiary/aromatic N) is 2. The molecule has 174 valence electrons. The molecule has 2 aromatic carbocycles. The number of halogens is 1. The van der Waals surface area contributed by atoms with Gasteiger partial charge in [-0.1, -0.05) is 29.8 Å². The maximum Gasteiger partial charge on any atom is 0.415 e. The number of pyridine rings is 1. The summed E-state index contributed by atoms with van der Waals surface area (Å²) in [5.41, 5.74) is 5.72. The molecule has 33 heavy (non-hydrogen) atoms. The van der Waals surface area contributed by atoms with Crippen molar-refractivity contribution in [3.05, 3.63) is 76.1 Å². The summed E-state index contributed by atoms with van der Waals surface area (Å²) in [5.74, 6) is 0.773. The van der Waals surface area contributed by atoms with Gasteiger partial charge in [0.05, 0.1) is 19.3 Å². The molecule has 0 unspecified atom stereocenters. The van der Waals surface area contributed by atoms with E-state index in [0.717, 1.165) is 44.9 Å². The number of amides is 1. The number of aryl methyl sites for hydroxylation is 2. The van der Waals surface area contributed by atoms with E-state index in [-0.39, 0.29) is 6.54 Å². The first-order valence-electron chi connectivity index (χ1n) is 10.9. The van der Waals surface area contributed by atoms with Crippen LogP contribution in [0.2, 0.25) is 5.02 Å². The average molecular weight is 467 g/mol. The molecule has 0 bridgehead atoms. The van der Waals surface area contributed by atoms with Crippen LogP contribution in [0.4, 0.5) is 10.5 Å². The Balaban J connectivity index is 2.09. The van der Waals surface area contributed by atoms with E-state index >= 15 is 0 Å². The van der Waals surface area contributed by atoms with Gasteiger partial charge in [0.2, 0.25) is 0 Å². The molecular formula is C27H31ClN2O3. The van der Waals surface area contributed by atoms with Crippen LogP contribution in [0.25, 0.3) is 11.1 Å². The lowest BCUT2D eigenvalue weighted by Gasteiger charge is -2.28. The van der Waals surface area contributed by atoms with E-state index in [2.05, 4.69) is 11.1 Å². The quantitative estimate of drug-likeness (QED) is 0.396. The zero-order chi connectivity index (χ0) is 24.3. The van der Waals surface area contributed by atoms with E-state index in [4.69, 9.17) is 21.1 Å². The molecule has 0 N–H and O–H groups in total. The van der Waals surface area contributed by atoms with Crippen LogP contribution < -0.4 is 9.64 Å². The topological polar surface area (TPSA) is 51.7 Å². The average Bonchev–Trinajstić information content (AvgIpc) is 2.72. The highest BCUT2D eigenvalue weighted by molar-refractivity contribution is 6.30. The lowest BCUT2D eigenvalue weighted by atomic mass is 10.0. The van der Waals surface area contributed by atoms with Gasteiger partial charge >= 0.3 is 6.09 Å². The van der Waals surface area contributed by atoms with Gasteiger partial charge in [-0.2, -0.15) is 0 Å². The van der Waals surface area contributed by atoms with E-state index in [1.165, 1.54) is 0 Å². The molecule has 0 saturated carbocycles. The standard InChI is InChI=1S/C27H31ClN2O3/c1-17-12-21(20-8-10-22(28)11-9-20)14-23(13-17)30(26(31)33-27(4,5)6)16-24-19(3)25(32-7)18(2)15-29-24/h8-15H,16H2,1-7H3. The zero-order valence-corrected chi connectivity index (χ0v) is 21.1. The molecule has 0 aliphatic rings. The first-order chi connectivity index (χ1) is 15.5. The fourth-order valence-electron chi connectivity index (χ4n) is 3.69. The summed E-state index contributed by atoms with van der Waals surface area (Å²) in [4.78, 5) is 19.6. The number of carbonyl (C=O) groups excluding carboxylic acids is 1. The monoisotopic (exact) mass is 466 g/mol. The predicted octanol–water partition coefficient (Wildman–Crippen LogP) is 7.28. The molecule has 5 nitrogen and oxygen atoms in total. The Hall–Kier alpha value is -3.05. The maximum atomic E-state index is 13.3. The van der Waals surface area contributed by atoms with Crippen molar-refractivity contribution in [2.24, 2.45) is 0 Å². The molecule has 1 amide bonds. The van der Waals surface area contributed by atoms with Crippen molar-refractivity contribution in [1.82, 2.24) is 4.98 Å². The Morgan fingerprint density at radius 3 is 2.30 bits per heavy atom. The molecule has 0 atom stereocenters. The van der Waals surface area contributed by atoms with Crippen molar-refractivity contribution in [2.45, 2.75) is 53.7 Å². The highest BCUT2D eigenvalue weighted by Gasteiger charge is 2.26. The molecule has 1 heterocycles. The normalized spacial score (nSPS) is 11.3. The van der Waals surface area contributed by atoms with Gasteiger partial charge in [0.1, 0.15) is 11.4 Å². The second-order valence-corrected chi connectivity index (χ2v) is 9.61.